The number of hydrogen-bond acceptors (Lipinski definition) is 2. The maximum absolute atomic E-state index is 13.7. The summed E-state index contributed by atoms with van der Waals surface area (Å²) in [5, 5.41) is 0. The summed E-state index contributed by atoms with van der Waals surface area (Å²) in [6.07, 6.45) is 2.69. The summed E-state index contributed by atoms with van der Waals surface area (Å²) < 4.78 is 54.9. The Morgan fingerprint density at radius 3 is 2.56 bits per heavy atom. The number of nitrogens with zero attached hydrogens (tertiary/aromatic N) is 4. The van der Waals surface area contributed by atoms with Gasteiger partial charge < -0.3 is 9.13 Å². The summed E-state index contributed by atoms with van der Waals surface area (Å²) >= 11 is 0. The van der Waals surface area contributed by atoms with Crippen LogP contribution in [0.25, 0.3) is 5.69 Å². The van der Waals surface area contributed by atoms with Gasteiger partial charge in [0.1, 0.15) is 11.6 Å². The zero-order chi connectivity index (χ0) is 17.3. The van der Waals surface area contributed by atoms with Crippen LogP contribution in [-0.2, 0) is 19.1 Å². The van der Waals surface area contributed by atoms with E-state index in [1.807, 2.05) is 17.7 Å². The molecular formula is C16H15ClF4N4. The summed E-state index contributed by atoms with van der Waals surface area (Å²) in [7, 11) is 0. The van der Waals surface area contributed by atoms with Crippen molar-refractivity contribution in [1.29, 1.82) is 0 Å². The first kappa shape index (κ1) is 19.0. The number of alkyl halides is 3. The average molecular weight is 375 g/mol. The standard InChI is InChI=1S/C16H14F4N4.ClH/c1-2-15-21-5-6-23(15)8-11-9-24(10-22-11)12-3-4-13(14(17)7-12)16(18,19)20;/h3-7,9-10H,2,8H2,1H3;1H. The third-order valence-corrected chi connectivity index (χ3v) is 3.64. The molecule has 0 aliphatic heterocycles. The van der Waals surface area contributed by atoms with Crippen LogP contribution in [0.2, 0.25) is 0 Å². The first-order valence-corrected chi connectivity index (χ1v) is 7.28. The quantitative estimate of drug-likeness (QED) is 0.640. The molecule has 0 aliphatic rings. The Balaban J connectivity index is 0.00000225. The second-order valence-corrected chi connectivity index (χ2v) is 5.26. The van der Waals surface area contributed by atoms with Gasteiger partial charge in [-0.1, -0.05) is 6.92 Å². The third kappa shape index (κ3) is 4.01. The first-order valence-electron chi connectivity index (χ1n) is 7.28. The van der Waals surface area contributed by atoms with Gasteiger partial charge in [0.15, 0.2) is 0 Å². The van der Waals surface area contributed by atoms with E-state index in [0.29, 0.717) is 12.2 Å². The van der Waals surface area contributed by atoms with E-state index in [4.69, 9.17) is 0 Å². The Labute approximate surface area is 147 Å². The minimum Gasteiger partial charge on any atom is -0.329 e. The molecule has 0 saturated heterocycles. The van der Waals surface area contributed by atoms with Crippen LogP contribution in [0, 0.1) is 5.82 Å². The van der Waals surface area contributed by atoms with Crippen LogP contribution < -0.4 is 0 Å². The van der Waals surface area contributed by atoms with Crippen LogP contribution in [0.5, 0.6) is 0 Å². The molecule has 0 atom stereocenters. The smallest absolute Gasteiger partial charge is 0.329 e. The highest BCUT2D eigenvalue weighted by Crippen LogP contribution is 2.32. The maximum atomic E-state index is 13.7. The molecule has 0 spiro atoms. The fraction of sp³-hybridized carbons (Fsp3) is 0.250. The topological polar surface area (TPSA) is 35.6 Å². The Bertz CT molecular complexity index is 854. The first-order chi connectivity index (χ1) is 11.4. The van der Waals surface area contributed by atoms with E-state index in [1.54, 1.807) is 12.4 Å². The van der Waals surface area contributed by atoms with E-state index in [2.05, 4.69) is 9.97 Å². The Morgan fingerprint density at radius 1 is 1.16 bits per heavy atom. The van der Waals surface area contributed by atoms with Gasteiger partial charge in [0, 0.05) is 30.7 Å². The highest BCUT2D eigenvalue weighted by atomic mass is 35.5. The molecule has 0 radical (unpaired) electrons. The minimum atomic E-state index is -4.71. The van der Waals surface area contributed by atoms with Gasteiger partial charge in [0.25, 0.3) is 0 Å². The summed E-state index contributed by atoms with van der Waals surface area (Å²) in [6.45, 7) is 2.47. The number of aromatic nitrogens is 4. The highest BCUT2D eigenvalue weighted by molar-refractivity contribution is 5.85. The lowest BCUT2D eigenvalue weighted by atomic mass is 10.2. The molecule has 0 saturated carbocycles. The third-order valence-electron chi connectivity index (χ3n) is 3.64. The van der Waals surface area contributed by atoms with Crippen molar-refractivity contribution in [2.75, 3.05) is 0 Å². The molecule has 0 amide bonds. The van der Waals surface area contributed by atoms with Crippen molar-refractivity contribution in [2.45, 2.75) is 26.1 Å². The van der Waals surface area contributed by atoms with Crippen molar-refractivity contribution >= 4 is 12.4 Å². The van der Waals surface area contributed by atoms with Gasteiger partial charge in [0.05, 0.1) is 24.1 Å². The molecule has 25 heavy (non-hydrogen) atoms. The lowest BCUT2D eigenvalue weighted by Gasteiger charge is -2.09. The van der Waals surface area contributed by atoms with Crippen LogP contribution in [0.3, 0.4) is 0 Å². The predicted octanol–water partition coefficient (Wildman–Crippen LogP) is 4.26. The van der Waals surface area contributed by atoms with E-state index in [1.165, 1.54) is 17.0 Å². The van der Waals surface area contributed by atoms with Crippen molar-refractivity contribution in [3.63, 3.8) is 0 Å². The lowest BCUT2D eigenvalue weighted by Crippen LogP contribution is -2.08. The fourth-order valence-electron chi connectivity index (χ4n) is 2.45. The SMILES string of the molecule is CCc1nccn1Cc1cn(-c2ccc(C(F)(F)F)c(F)c2)cn1.Cl. The minimum absolute atomic E-state index is 0. The van der Waals surface area contributed by atoms with Crippen molar-refractivity contribution in [1.82, 2.24) is 19.1 Å². The van der Waals surface area contributed by atoms with Gasteiger partial charge in [0.2, 0.25) is 0 Å². The Morgan fingerprint density at radius 2 is 1.92 bits per heavy atom. The molecule has 1 aromatic carbocycles. The normalized spacial score (nSPS) is 11.4. The van der Waals surface area contributed by atoms with Crippen LogP contribution in [0.1, 0.15) is 24.0 Å². The van der Waals surface area contributed by atoms with Crippen LogP contribution in [0.4, 0.5) is 17.6 Å². The lowest BCUT2D eigenvalue weighted by molar-refractivity contribution is -0.139. The van der Waals surface area contributed by atoms with Gasteiger partial charge in [-0.25, -0.2) is 14.4 Å². The van der Waals surface area contributed by atoms with Gasteiger partial charge >= 0.3 is 6.18 Å². The molecule has 0 fully saturated rings. The van der Waals surface area contributed by atoms with Crippen molar-refractivity contribution in [3.8, 4) is 5.69 Å². The molecule has 2 heterocycles. The number of benzene rings is 1. The molecule has 134 valence electrons. The molecular weight excluding hydrogens is 360 g/mol. The van der Waals surface area contributed by atoms with Crippen LogP contribution in [0.15, 0.2) is 43.1 Å². The molecule has 3 aromatic rings. The summed E-state index contributed by atoms with van der Waals surface area (Å²) in [6, 6.07) is 2.80. The van der Waals surface area contributed by atoms with Crippen molar-refractivity contribution in [3.05, 3.63) is 66.0 Å². The molecule has 0 N–H and O–H groups in total. The molecule has 0 aliphatic carbocycles. The highest BCUT2D eigenvalue weighted by Gasteiger charge is 2.33. The van der Waals surface area contributed by atoms with Crippen molar-refractivity contribution in [2.24, 2.45) is 0 Å². The van der Waals surface area contributed by atoms with E-state index in [-0.39, 0.29) is 18.1 Å². The molecule has 0 bridgehead atoms. The molecule has 3 rings (SSSR count). The Hall–Kier alpha value is -2.35. The van der Waals surface area contributed by atoms with Crippen molar-refractivity contribution < 1.29 is 17.6 Å². The van der Waals surface area contributed by atoms with Gasteiger partial charge in [-0.3, -0.25) is 0 Å². The monoisotopic (exact) mass is 374 g/mol. The number of aryl methyl sites for hydroxylation is 1. The van der Waals surface area contributed by atoms with E-state index in [0.717, 1.165) is 24.4 Å². The Kier molecular flexibility index (Phi) is 5.52. The zero-order valence-electron chi connectivity index (χ0n) is 13.2. The second kappa shape index (κ2) is 7.26. The van der Waals surface area contributed by atoms with E-state index >= 15 is 0 Å². The summed E-state index contributed by atoms with van der Waals surface area (Å²) in [5.41, 5.74) is -0.304. The predicted molar refractivity (Wildman–Crippen MR) is 86.5 cm³/mol. The van der Waals surface area contributed by atoms with Crippen LogP contribution in [-0.4, -0.2) is 19.1 Å². The fourth-order valence-corrected chi connectivity index (χ4v) is 2.45. The summed E-state index contributed by atoms with van der Waals surface area (Å²) in [5.74, 6) is -0.400. The van der Waals surface area contributed by atoms with Gasteiger partial charge in [-0.05, 0) is 18.2 Å². The van der Waals surface area contributed by atoms with Gasteiger partial charge in [-0.15, -0.1) is 12.4 Å². The number of halogens is 5. The zero-order valence-corrected chi connectivity index (χ0v) is 14.0. The number of rotatable bonds is 4. The largest absolute Gasteiger partial charge is 0.419 e. The molecule has 2 aromatic heterocycles. The number of hydrogen-bond donors (Lipinski definition) is 0. The van der Waals surface area contributed by atoms with Gasteiger partial charge in [-0.2, -0.15) is 13.2 Å². The molecule has 4 nitrogen and oxygen atoms in total. The maximum Gasteiger partial charge on any atom is 0.419 e. The average Bonchev–Trinajstić information content (AvgIpc) is 3.15. The van der Waals surface area contributed by atoms with Crippen LogP contribution >= 0.6 is 12.4 Å². The second-order valence-electron chi connectivity index (χ2n) is 5.26. The summed E-state index contributed by atoms with van der Waals surface area (Å²) in [4.78, 5) is 8.43. The molecule has 0 unspecified atom stereocenters. The number of imidazole rings is 2. The molecule has 9 heteroatoms. The van der Waals surface area contributed by atoms with E-state index < -0.39 is 17.6 Å². The van der Waals surface area contributed by atoms with E-state index in [9.17, 15) is 17.6 Å².